The molecule has 2 atom stereocenters. The zero-order valence-corrected chi connectivity index (χ0v) is 18.5. The summed E-state index contributed by atoms with van der Waals surface area (Å²) in [5, 5.41) is 0. The highest BCUT2D eigenvalue weighted by Gasteiger charge is 2.40. The lowest BCUT2D eigenvalue weighted by Crippen LogP contribution is -2.21. The Morgan fingerprint density at radius 1 is 0.914 bits per heavy atom. The van der Waals surface area contributed by atoms with Gasteiger partial charge < -0.3 is 9.47 Å². The fraction of sp³-hybridized carbons (Fsp3) is 0.250. The summed E-state index contributed by atoms with van der Waals surface area (Å²) >= 11 is 0. The predicted octanol–water partition coefficient (Wildman–Crippen LogP) is 6.84. The lowest BCUT2D eigenvalue weighted by molar-refractivity contribution is -0.149. The van der Waals surface area contributed by atoms with Gasteiger partial charge in [-0.25, -0.2) is 0 Å². The summed E-state index contributed by atoms with van der Waals surface area (Å²) in [6.45, 7) is -2.95. The molecule has 35 heavy (non-hydrogen) atoms. The van der Waals surface area contributed by atoms with E-state index in [-0.39, 0.29) is 28.4 Å². The SMILES string of the molecule is C#CC(OC(=O)C(c1ccc(OC(F)F)cc1)C1CC1)c1cccc(C(F)(F)c2ccccc2)c1. The third kappa shape index (κ3) is 5.65. The number of hydrogen-bond acceptors (Lipinski definition) is 3. The topological polar surface area (TPSA) is 35.5 Å². The van der Waals surface area contributed by atoms with Crippen molar-refractivity contribution in [2.24, 2.45) is 5.92 Å². The number of carbonyl (C=O) groups is 1. The van der Waals surface area contributed by atoms with Crippen molar-refractivity contribution in [3.05, 3.63) is 101 Å². The van der Waals surface area contributed by atoms with Crippen molar-refractivity contribution in [1.82, 2.24) is 0 Å². The van der Waals surface area contributed by atoms with Gasteiger partial charge in [-0.2, -0.15) is 17.6 Å². The zero-order chi connectivity index (χ0) is 25.0. The molecule has 4 rings (SSSR count). The molecule has 0 spiro atoms. The van der Waals surface area contributed by atoms with Crippen LogP contribution in [-0.2, 0) is 15.5 Å². The molecule has 1 aliphatic rings. The third-order valence-corrected chi connectivity index (χ3v) is 5.89. The van der Waals surface area contributed by atoms with Crippen LogP contribution in [0.3, 0.4) is 0 Å². The summed E-state index contributed by atoms with van der Waals surface area (Å²) < 4.78 is 64.9. The van der Waals surface area contributed by atoms with Crippen LogP contribution < -0.4 is 4.74 Å². The molecular formula is C28H22F4O3. The molecule has 3 nitrogen and oxygen atoms in total. The van der Waals surface area contributed by atoms with Gasteiger partial charge in [0.25, 0.3) is 5.92 Å². The van der Waals surface area contributed by atoms with E-state index in [4.69, 9.17) is 11.2 Å². The molecule has 1 fully saturated rings. The summed E-state index contributed by atoms with van der Waals surface area (Å²) in [6, 6.07) is 18.7. The van der Waals surface area contributed by atoms with Gasteiger partial charge in [0.1, 0.15) is 5.75 Å². The van der Waals surface area contributed by atoms with E-state index in [0.717, 1.165) is 12.8 Å². The van der Waals surface area contributed by atoms with Crippen LogP contribution in [0.15, 0.2) is 78.9 Å². The molecule has 2 unspecified atom stereocenters. The van der Waals surface area contributed by atoms with Crippen molar-refractivity contribution in [3.63, 3.8) is 0 Å². The highest BCUT2D eigenvalue weighted by atomic mass is 19.3. The van der Waals surface area contributed by atoms with E-state index in [2.05, 4.69) is 10.7 Å². The number of benzene rings is 3. The minimum absolute atomic E-state index is 0.0238. The second-order valence-electron chi connectivity index (χ2n) is 8.31. The summed E-state index contributed by atoms with van der Waals surface area (Å²) in [5.41, 5.74) is 0.397. The molecule has 0 bridgehead atoms. The molecular weight excluding hydrogens is 460 g/mol. The Morgan fingerprint density at radius 3 is 2.17 bits per heavy atom. The number of esters is 1. The van der Waals surface area contributed by atoms with Gasteiger partial charge in [-0.3, -0.25) is 4.79 Å². The number of ether oxygens (including phenoxy) is 2. The second-order valence-corrected chi connectivity index (χ2v) is 8.31. The van der Waals surface area contributed by atoms with Crippen molar-refractivity contribution in [2.45, 2.75) is 37.4 Å². The van der Waals surface area contributed by atoms with Crippen molar-refractivity contribution in [2.75, 3.05) is 0 Å². The van der Waals surface area contributed by atoms with Crippen LogP contribution in [0.5, 0.6) is 5.75 Å². The molecule has 7 heteroatoms. The normalized spacial score (nSPS) is 15.2. The van der Waals surface area contributed by atoms with E-state index in [0.29, 0.717) is 5.56 Å². The monoisotopic (exact) mass is 482 g/mol. The number of rotatable bonds is 9. The summed E-state index contributed by atoms with van der Waals surface area (Å²) in [7, 11) is 0. The number of hydrogen-bond donors (Lipinski definition) is 0. The maximum absolute atomic E-state index is 15.1. The van der Waals surface area contributed by atoms with Gasteiger partial charge >= 0.3 is 12.6 Å². The Kier molecular flexibility index (Phi) is 7.11. The Balaban J connectivity index is 1.54. The summed E-state index contributed by atoms with van der Waals surface area (Å²) in [5.74, 6) is -2.14. The lowest BCUT2D eigenvalue weighted by atomic mass is 9.94. The van der Waals surface area contributed by atoms with E-state index in [1.165, 1.54) is 72.8 Å². The Bertz CT molecular complexity index is 1200. The zero-order valence-electron chi connectivity index (χ0n) is 18.5. The lowest BCUT2D eigenvalue weighted by Gasteiger charge is -2.21. The molecule has 3 aromatic rings. The average Bonchev–Trinajstić information content (AvgIpc) is 3.69. The molecule has 0 aromatic heterocycles. The average molecular weight is 482 g/mol. The Labute approximate surface area is 200 Å². The van der Waals surface area contributed by atoms with Gasteiger partial charge in [0, 0.05) is 16.7 Å². The number of terminal acetylenes is 1. The minimum Gasteiger partial charge on any atom is -0.444 e. The van der Waals surface area contributed by atoms with Crippen molar-refractivity contribution < 1.29 is 31.8 Å². The largest absolute Gasteiger partial charge is 0.444 e. The van der Waals surface area contributed by atoms with Gasteiger partial charge in [-0.05, 0) is 42.5 Å². The maximum Gasteiger partial charge on any atom is 0.387 e. The molecule has 0 aliphatic heterocycles. The number of halogens is 4. The van der Waals surface area contributed by atoms with E-state index in [1.807, 2.05) is 0 Å². The van der Waals surface area contributed by atoms with Crippen molar-refractivity contribution in [3.8, 4) is 18.1 Å². The fourth-order valence-corrected chi connectivity index (χ4v) is 3.99. The van der Waals surface area contributed by atoms with Gasteiger partial charge in [0.15, 0.2) is 6.10 Å². The molecule has 0 radical (unpaired) electrons. The first-order valence-corrected chi connectivity index (χ1v) is 11.0. The molecule has 0 amide bonds. The van der Waals surface area contributed by atoms with Crippen LogP contribution >= 0.6 is 0 Å². The molecule has 1 aliphatic carbocycles. The highest BCUT2D eigenvalue weighted by Crippen LogP contribution is 2.44. The first-order valence-electron chi connectivity index (χ1n) is 11.0. The highest BCUT2D eigenvalue weighted by molar-refractivity contribution is 5.79. The predicted molar refractivity (Wildman–Crippen MR) is 122 cm³/mol. The Hall–Kier alpha value is -3.79. The molecule has 0 N–H and O–H groups in total. The first-order chi connectivity index (χ1) is 16.8. The smallest absolute Gasteiger partial charge is 0.387 e. The third-order valence-electron chi connectivity index (χ3n) is 5.89. The van der Waals surface area contributed by atoms with Crippen molar-refractivity contribution >= 4 is 5.97 Å². The molecule has 3 aromatic carbocycles. The van der Waals surface area contributed by atoms with Crippen LogP contribution in [0, 0.1) is 18.3 Å². The van der Waals surface area contributed by atoms with Gasteiger partial charge in [-0.15, -0.1) is 6.42 Å². The van der Waals surface area contributed by atoms with Crippen LogP contribution in [-0.4, -0.2) is 12.6 Å². The van der Waals surface area contributed by atoms with Crippen LogP contribution in [0.2, 0.25) is 0 Å². The van der Waals surface area contributed by atoms with Crippen molar-refractivity contribution in [1.29, 1.82) is 0 Å². The standard InChI is InChI=1S/C28H22F4O3/c1-2-24(20-7-6-10-22(17-20)28(31,32)21-8-4-3-5-9-21)35-26(33)25(18-11-12-18)19-13-15-23(16-14-19)34-27(29)30/h1,3-10,13-18,24-25,27H,11-12H2. The van der Waals surface area contributed by atoms with Gasteiger partial charge in [0.2, 0.25) is 0 Å². The molecule has 0 heterocycles. The summed E-state index contributed by atoms with van der Waals surface area (Å²) in [6.07, 6.45) is 6.05. The second kappa shape index (κ2) is 10.2. The van der Waals surface area contributed by atoms with E-state index >= 15 is 8.78 Å². The number of alkyl halides is 4. The quantitative estimate of drug-likeness (QED) is 0.190. The molecule has 0 saturated heterocycles. The van der Waals surface area contributed by atoms with E-state index < -0.39 is 30.5 Å². The number of carbonyl (C=O) groups excluding carboxylic acids is 1. The maximum atomic E-state index is 15.1. The van der Waals surface area contributed by atoms with Crippen LogP contribution in [0.1, 0.15) is 47.1 Å². The molecule has 1 saturated carbocycles. The van der Waals surface area contributed by atoms with Crippen LogP contribution in [0.4, 0.5) is 17.6 Å². The van der Waals surface area contributed by atoms with E-state index in [9.17, 15) is 13.6 Å². The summed E-state index contributed by atoms with van der Waals surface area (Å²) in [4.78, 5) is 13.1. The van der Waals surface area contributed by atoms with Gasteiger partial charge in [0.05, 0.1) is 5.92 Å². The first kappa shape index (κ1) is 24.3. The minimum atomic E-state index is -3.26. The Morgan fingerprint density at radius 2 is 1.57 bits per heavy atom. The molecule has 180 valence electrons. The van der Waals surface area contributed by atoms with Gasteiger partial charge in [-0.1, -0.05) is 66.6 Å². The fourth-order valence-electron chi connectivity index (χ4n) is 3.99. The van der Waals surface area contributed by atoms with E-state index in [1.54, 1.807) is 6.07 Å². The van der Waals surface area contributed by atoms with Crippen LogP contribution in [0.25, 0.3) is 0 Å².